The third-order valence-electron chi connectivity index (χ3n) is 3.22. The minimum absolute atomic E-state index is 0.552. The molecule has 5 heteroatoms. The molecule has 0 spiro atoms. The maximum absolute atomic E-state index is 9.97. The van der Waals surface area contributed by atoms with Gasteiger partial charge in [-0.05, 0) is 39.8 Å². The maximum Gasteiger partial charge on any atom is 0.330 e. The highest BCUT2D eigenvalue weighted by Crippen LogP contribution is 2.24. The summed E-state index contributed by atoms with van der Waals surface area (Å²) in [6.07, 6.45) is 0. The fourth-order valence-electron chi connectivity index (χ4n) is 1.19. The van der Waals surface area contributed by atoms with E-state index in [-0.39, 0.29) is 0 Å². The van der Waals surface area contributed by atoms with Gasteiger partial charge in [-0.3, -0.25) is 0 Å². The number of aliphatic hydroxyl groups is 1. The van der Waals surface area contributed by atoms with Gasteiger partial charge in [0.05, 0.1) is 24.0 Å². The summed E-state index contributed by atoms with van der Waals surface area (Å²) in [6, 6.07) is 5.39. The van der Waals surface area contributed by atoms with E-state index in [1.807, 2.05) is 19.9 Å². The van der Waals surface area contributed by atoms with Crippen LogP contribution in [0.5, 0.6) is 5.75 Å². The zero-order valence-electron chi connectivity index (χ0n) is 11.7. The van der Waals surface area contributed by atoms with Crippen molar-refractivity contribution in [2.75, 3.05) is 12.8 Å². The van der Waals surface area contributed by atoms with Gasteiger partial charge in [-0.25, -0.2) is 0 Å². The molecular formula is C13H21BNO3. The van der Waals surface area contributed by atoms with E-state index in [1.165, 1.54) is 0 Å². The molecule has 1 aromatic rings. The van der Waals surface area contributed by atoms with Crippen LogP contribution in [0.1, 0.15) is 27.7 Å². The molecule has 0 saturated carbocycles. The van der Waals surface area contributed by atoms with Crippen LogP contribution in [0.25, 0.3) is 0 Å². The summed E-state index contributed by atoms with van der Waals surface area (Å²) in [5.41, 5.74) is 5.55. The van der Waals surface area contributed by atoms with Gasteiger partial charge in [0.25, 0.3) is 0 Å². The van der Waals surface area contributed by atoms with E-state index >= 15 is 0 Å². The smallest absolute Gasteiger partial charge is 0.330 e. The van der Waals surface area contributed by atoms with Gasteiger partial charge in [0.15, 0.2) is 0 Å². The molecule has 0 aliphatic heterocycles. The van der Waals surface area contributed by atoms with Crippen molar-refractivity contribution >= 4 is 18.6 Å². The highest BCUT2D eigenvalue weighted by molar-refractivity contribution is 6.47. The van der Waals surface area contributed by atoms with E-state index in [1.54, 1.807) is 40.6 Å². The second-order valence-corrected chi connectivity index (χ2v) is 5.31. The molecule has 18 heavy (non-hydrogen) atoms. The number of ether oxygens (including phenoxy) is 1. The normalized spacial score (nSPS) is 12.3. The lowest BCUT2D eigenvalue weighted by atomic mass is 9.82. The van der Waals surface area contributed by atoms with Crippen LogP contribution in [0.3, 0.4) is 0 Å². The lowest BCUT2D eigenvalue weighted by Gasteiger charge is -2.37. The Bertz CT molecular complexity index is 413. The molecule has 3 N–H and O–H groups in total. The summed E-state index contributed by atoms with van der Waals surface area (Å²) in [6.45, 7) is 7.08. The van der Waals surface area contributed by atoms with Gasteiger partial charge in [0, 0.05) is 0 Å². The highest BCUT2D eigenvalue weighted by Gasteiger charge is 2.35. The Balaban J connectivity index is 2.73. The van der Waals surface area contributed by atoms with Crippen molar-refractivity contribution in [2.24, 2.45) is 0 Å². The number of nitrogens with two attached hydrogens (primary N) is 1. The summed E-state index contributed by atoms with van der Waals surface area (Å²) in [4.78, 5) is 0. The molecule has 0 fully saturated rings. The van der Waals surface area contributed by atoms with Crippen molar-refractivity contribution in [1.82, 2.24) is 0 Å². The molecular weight excluding hydrogens is 229 g/mol. The summed E-state index contributed by atoms with van der Waals surface area (Å²) >= 11 is 0. The van der Waals surface area contributed by atoms with Crippen LogP contribution in [0.2, 0.25) is 0 Å². The van der Waals surface area contributed by atoms with Gasteiger partial charge in [-0.1, -0.05) is 11.5 Å². The van der Waals surface area contributed by atoms with E-state index < -0.39 is 11.2 Å². The lowest BCUT2D eigenvalue weighted by molar-refractivity contribution is -0.0893. The number of benzene rings is 1. The second kappa shape index (κ2) is 5.20. The molecule has 99 valence electrons. The molecule has 0 bridgehead atoms. The van der Waals surface area contributed by atoms with Crippen LogP contribution < -0.4 is 15.9 Å². The van der Waals surface area contributed by atoms with Crippen molar-refractivity contribution in [3.05, 3.63) is 18.2 Å². The van der Waals surface area contributed by atoms with Gasteiger partial charge in [0.1, 0.15) is 5.75 Å². The lowest BCUT2D eigenvalue weighted by Crippen LogP contribution is -2.49. The number of nitrogen functional groups attached to an aromatic ring is 1. The minimum Gasteiger partial charge on any atom is -0.495 e. The largest absolute Gasteiger partial charge is 0.495 e. The van der Waals surface area contributed by atoms with Crippen molar-refractivity contribution in [3.63, 3.8) is 0 Å². The first-order chi connectivity index (χ1) is 8.17. The topological polar surface area (TPSA) is 64.7 Å². The van der Waals surface area contributed by atoms with Gasteiger partial charge < -0.3 is 20.2 Å². The fourth-order valence-corrected chi connectivity index (χ4v) is 1.19. The first kappa shape index (κ1) is 14.9. The van der Waals surface area contributed by atoms with Crippen LogP contribution in [-0.2, 0) is 4.65 Å². The molecule has 0 aliphatic rings. The number of anilines is 1. The van der Waals surface area contributed by atoms with Gasteiger partial charge >= 0.3 is 7.48 Å². The first-order valence-electron chi connectivity index (χ1n) is 5.84. The van der Waals surface area contributed by atoms with Crippen LogP contribution in [-0.4, -0.2) is 30.9 Å². The molecule has 0 aliphatic carbocycles. The quantitative estimate of drug-likeness (QED) is 0.606. The molecule has 1 radical (unpaired) electrons. The molecule has 4 nitrogen and oxygen atoms in total. The summed E-state index contributed by atoms with van der Waals surface area (Å²) < 4.78 is 10.7. The molecule has 0 atom stereocenters. The average Bonchev–Trinajstić information content (AvgIpc) is 2.25. The molecule has 1 aromatic carbocycles. The number of rotatable bonds is 5. The van der Waals surface area contributed by atoms with Gasteiger partial charge in [0.2, 0.25) is 0 Å². The zero-order chi connectivity index (χ0) is 14.0. The third-order valence-corrected chi connectivity index (χ3v) is 3.22. The molecule has 0 aromatic heterocycles. The Labute approximate surface area is 109 Å². The highest BCUT2D eigenvalue weighted by atomic mass is 16.5. The molecule has 0 saturated heterocycles. The molecule has 0 heterocycles. The maximum atomic E-state index is 9.97. The summed E-state index contributed by atoms with van der Waals surface area (Å²) in [5.74, 6) is 0.633. The second-order valence-electron chi connectivity index (χ2n) is 5.31. The van der Waals surface area contributed by atoms with Gasteiger partial charge in [-0.15, -0.1) is 0 Å². The van der Waals surface area contributed by atoms with Crippen molar-refractivity contribution in [1.29, 1.82) is 0 Å². The van der Waals surface area contributed by atoms with E-state index in [9.17, 15) is 5.11 Å². The Morgan fingerprint density at radius 1 is 1.22 bits per heavy atom. The molecule has 1 rings (SSSR count). The van der Waals surface area contributed by atoms with Gasteiger partial charge in [-0.2, -0.15) is 0 Å². The fraction of sp³-hybridized carbons (Fsp3) is 0.538. The Kier molecular flexibility index (Phi) is 4.30. The van der Waals surface area contributed by atoms with Crippen molar-refractivity contribution in [3.8, 4) is 5.75 Å². The standard InChI is InChI=1S/C13H21BNO3/c1-12(2,16)13(3,4)18-14-9-6-7-11(17-5)10(15)8-9/h6-8,16H,15H2,1-5H3. The van der Waals surface area contributed by atoms with E-state index in [0.29, 0.717) is 11.4 Å². The van der Waals surface area contributed by atoms with Crippen LogP contribution >= 0.6 is 0 Å². The minimum atomic E-state index is -0.943. The number of methoxy groups -OCH3 is 1. The van der Waals surface area contributed by atoms with Crippen LogP contribution in [0.15, 0.2) is 18.2 Å². The number of hydrogen-bond donors (Lipinski definition) is 2. The predicted molar refractivity (Wildman–Crippen MR) is 74.3 cm³/mol. The van der Waals surface area contributed by atoms with Crippen molar-refractivity contribution in [2.45, 2.75) is 38.9 Å². The SMILES string of the molecule is COc1ccc([B]OC(C)(C)C(C)(C)O)cc1N. The van der Waals surface area contributed by atoms with Crippen LogP contribution in [0, 0.1) is 0 Å². The van der Waals surface area contributed by atoms with E-state index in [4.69, 9.17) is 15.1 Å². The Morgan fingerprint density at radius 3 is 2.28 bits per heavy atom. The summed E-state index contributed by atoms with van der Waals surface area (Å²) in [7, 11) is 3.16. The number of hydrogen-bond acceptors (Lipinski definition) is 4. The Hall–Kier alpha value is -1.20. The molecule has 0 amide bonds. The third kappa shape index (κ3) is 3.40. The van der Waals surface area contributed by atoms with E-state index in [2.05, 4.69) is 0 Å². The molecule has 0 unspecified atom stereocenters. The predicted octanol–water partition coefficient (Wildman–Crippen LogP) is 1.09. The summed E-state index contributed by atoms with van der Waals surface area (Å²) in [5, 5.41) is 9.97. The van der Waals surface area contributed by atoms with Crippen molar-refractivity contribution < 1.29 is 14.5 Å². The Morgan fingerprint density at radius 2 is 1.83 bits per heavy atom. The monoisotopic (exact) mass is 250 g/mol. The van der Waals surface area contributed by atoms with Crippen LogP contribution in [0.4, 0.5) is 5.69 Å². The zero-order valence-corrected chi connectivity index (χ0v) is 11.7. The first-order valence-corrected chi connectivity index (χ1v) is 5.84. The average molecular weight is 250 g/mol. The van der Waals surface area contributed by atoms with E-state index in [0.717, 1.165) is 5.46 Å².